The van der Waals surface area contributed by atoms with Crippen LogP contribution in [0, 0.1) is 13.8 Å². The van der Waals surface area contributed by atoms with Crippen molar-refractivity contribution in [1.29, 1.82) is 0 Å². The van der Waals surface area contributed by atoms with Crippen LogP contribution in [-0.2, 0) is 6.54 Å². The number of hydrogen-bond donors (Lipinski definition) is 2. The zero-order valence-electron chi connectivity index (χ0n) is 22.8. The van der Waals surface area contributed by atoms with Crippen molar-refractivity contribution in [1.82, 2.24) is 14.9 Å². The molecule has 3 heterocycles. The van der Waals surface area contributed by atoms with E-state index in [1.807, 2.05) is 42.7 Å². The molecule has 6 rings (SSSR count). The number of rotatable bonds is 7. The third-order valence-electron chi connectivity index (χ3n) is 7.96. The van der Waals surface area contributed by atoms with Crippen molar-refractivity contribution in [2.45, 2.75) is 32.9 Å². The van der Waals surface area contributed by atoms with E-state index in [2.05, 4.69) is 71.5 Å². The molecule has 1 saturated heterocycles. The van der Waals surface area contributed by atoms with Gasteiger partial charge in [0.15, 0.2) is 5.82 Å². The van der Waals surface area contributed by atoms with Crippen LogP contribution in [0.2, 0.25) is 0 Å². The van der Waals surface area contributed by atoms with Crippen molar-refractivity contribution in [3.63, 3.8) is 0 Å². The third-order valence-corrected chi connectivity index (χ3v) is 7.96. The molecule has 200 valence electrons. The molecule has 2 N–H and O–H groups in total. The van der Waals surface area contributed by atoms with Gasteiger partial charge in [0.2, 0.25) is 0 Å². The summed E-state index contributed by atoms with van der Waals surface area (Å²) in [6.45, 7) is 6.66. The molecule has 6 nitrogen and oxygen atoms in total. The molecule has 0 amide bonds. The third kappa shape index (κ3) is 4.99. The largest absolute Gasteiger partial charge is 0.392 e. The number of aldehydes is 1. The average Bonchev–Trinajstić information content (AvgIpc) is 3.39. The number of hydrogen-bond acceptors (Lipinski definition) is 6. The van der Waals surface area contributed by atoms with Crippen LogP contribution in [0.1, 0.15) is 33.5 Å². The van der Waals surface area contributed by atoms with Crippen molar-refractivity contribution in [2.24, 2.45) is 0 Å². The van der Waals surface area contributed by atoms with E-state index in [9.17, 15) is 9.90 Å². The molecule has 0 spiro atoms. The fourth-order valence-corrected chi connectivity index (χ4v) is 5.73. The number of anilines is 2. The van der Waals surface area contributed by atoms with Crippen LogP contribution in [0.25, 0.3) is 33.2 Å². The number of aromatic nitrogens is 2. The first-order valence-corrected chi connectivity index (χ1v) is 13.7. The Hall–Kier alpha value is -4.39. The molecular formula is C34H32N4O2. The Bertz CT molecular complexity index is 1700. The Morgan fingerprint density at radius 1 is 0.900 bits per heavy atom. The molecule has 0 bridgehead atoms. The molecule has 0 radical (unpaired) electrons. The van der Waals surface area contributed by atoms with Crippen molar-refractivity contribution in [2.75, 3.05) is 18.4 Å². The number of fused-ring (bicyclic) bond motifs is 1. The summed E-state index contributed by atoms with van der Waals surface area (Å²) in [5, 5.41) is 14.6. The molecule has 1 fully saturated rings. The second kappa shape index (κ2) is 11.0. The fraction of sp³-hybridized carbons (Fsp3) is 0.206. The van der Waals surface area contributed by atoms with Gasteiger partial charge in [-0.2, -0.15) is 0 Å². The number of benzene rings is 3. The number of nitrogens with one attached hydrogen (secondary N) is 1. The van der Waals surface area contributed by atoms with Gasteiger partial charge < -0.3 is 10.4 Å². The van der Waals surface area contributed by atoms with Crippen molar-refractivity contribution >= 4 is 28.7 Å². The summed E-state index contributed by atoms with van der Waals surface area (Å²) < 4.78 is 0. The molecular weight excluding hydrogens is 496 g/mol. The summed E-state index contributed by atoms with van der Waals surface area (Å²) in [7, 11) is 0. The Labute approximate surface area is 234 Å². The van der Waals surface area contributed by atoms with E-state index in [0.717, 1.165) is 76.0 Å². The van der Waals surface area contributed by atoms with Crippen molar-refractivity contribution < 1.29 is 9.90 Å². The Morgan fingerprint density at radius 3 is 2.38 bits per heavy atom. The first-order chi connectivity index (χ1) is 19.5. The predicted molar refractivity (Wildman–Crippen MR) is 161 cm³/mol. The fourth-order valence-electron chi connectivity index (χ4n) is 5.73. The number of nitrogens with zero attached hydrogens (tertiary/aromatic N) is 3. The summed E-state index contributed by atoms with van der Waals surface area (Å²) in [6, 6.07) is 24.5. The lowest BCUT2D eigenvalue weighted by atomic mass is 9.90. The molecule has 6 heteroatoms. The maximum atomic E-state index is 11.1. The molecule has 0 aliphatic carbocycles. The number of aliphatic hydroxyl groups is 1. The lowest BCUT2D eigenvalue weighted by Crippen LogP contribution is -2.21. The smallest absolute Gasteiger partial charge is 0.156 e. The standard InChI is InChI=1S/C34H32N4O2/c1-22-28(25-11-9-24(21-39)10-12-25)5-3-6-29(22)30-7-4-8-32(23(30)2)37-34-33-31(14-17-36-34)26(13-16-35-33)19-38-18-15-27(40)20-38/h3-14,16-17,21,27,40H,15,18-20H2,1-2H3,(H,36,37)/t27-/m0/s1. The molecule has 1 aliphatic rings. The van der Waals surface area contributed by atoms with Crippen LogP contribution in [0.15, 0.2) is 85.2 Å². The highest BCUT2D eigenvalue weighted by Gasteiger charge is 2.21. The van der Waals surface area contributed by atoms with Crippen LogP contribution in [0.3, 0.4) is 0 Å². The molecule has 1 aliphatic heterocycles. The number of carbonyl (C=O) groups is 1. The molecule has 40 heavy (non-hydrogen) atoms. The molecule has 3 aromatic carbocycles. The Kier molecular flexibility index (Phi) is 7.11. The normalized spacial score (nSPS) is 15.4. The predicted octanol–water partition coefficient (Wildman–Crippen LogP) is 6.70. The van der Waals surface area contributed by atoms with Gasteiger partial charge in [-0.15, -0.1) is 0 Å². The zero-order valence-corrected chi connectivity index (χ0v) is 22.8. The minimum atomic E-state index is -0.241. The monoisotopic (exact) mass is 528 g/mol. The SMILES string of the molecule is Cc1c(Nc2nccc3c(CN4CC[C@H](O)C4)ccnc23)cccc1-c1cccc(-c2ccc(C=O)cc2)c1C. The van der Waals surface area contributed by atoms with E-state index in [1.54, 1.807) is 0 Å². The minimum absolute atomic E-state index is 0.241. The van der Waals surface area contributed by atoms with Crippen LogP contribution >= 0.6 is 0 Å². The first kappa shape index (κ1) is 25.9. The molecule has 5 aromatic rings. The minimum Gasteiger partial charge on any atom is -0.392 e. The number of carbonyl (C=O) groups excluding carboxylic acids is 1. The number of aliphatic hydroxyl groups excluding tert-OH is 1. The zero-order chi connectivity index (χ0) is 27.6. The van der Waals surface area contributed by atoms with Gasteiger partial charge in [0.1, 0.15) is 11.8 Å². The van der Waals surface area contributed by atoms with E-state index in [-0.39, 0.29) is 6.10 Å². The molecule has 0 saturated carbocycles. The highest BCUT2D eigenvalue weighted by Crippen LogP contribution is 2.36. The van der Waals surface area contributed by atoms with E-state index in [0.29, 0.717) is 12.1 Å². The first-order valence-electron chi connectivity index (χ1n) is 13.7. The number of likely N-dealkylation sites (tertiary alicyclic amines) is 1. The van der Waals surface area contributed by atoms with Crippen molar-refractivity contribution in [3.8, 4) is 22.3 Å². The molecule has 1 atom stereocenters. The van der Waals surface area contributed by atoms with Crippen LogP contribution in [-0.4, -0.2) is 45.5 Å². The quantitative estimate of drug-likeness (QED) is 0.229. The van der Waals surface area contributed by atoms with Gasteiger partial charge in [-0.1, -0.05) is 54.6 Å². The second-order valence-corrected chi connectivity index (χ2v) is 10.5. The van der Waals surface area contributed by atoms with Gasteiger partial charge in [-0.3, -0.25) is 14.7 Å². The Balaban J connectivity index is 1.33. The molecule has 2 aromatic heterocycles. The van der Waals surface area contributed by atoms with Gasteiger partial charge in [-0.25, -0.2) is 4.98 Å². The van der Waals surface area contributed by atoms with Crippen LogP contribution in [0.4, 0.5) is 11.5 Å². The lowest BCUT2D eigenvalue weighted by molar-refractivity contribution is 0.112. The summed E-state index contributed by atoms with van der Waals surface area (Å²) in [5.41, 5.74) is 10.5. The summed E-state index contributed by atoms with van der Waals surface area (Å²) in [6.07, 6.45) is 5.12. The van der Waals surface area contributed by atoms with E-state index >= 15 is 0 Å². The van der Waals surface area contributed by atoms with Crippen LogP contribution < -0.4 is 5.32 Å². The van der Waals surface area contributed by atoms with E-state index in [1.165, 1.54) is 11.1 Å². The van der Waals surface area contributed by atoms with Gasteiger partial charge >= 0.3 is 0 Å². The summed E-state index contributed by atoms with van der Waals surface area (Å²) >= 11 is 0. The average molecular weight is 529 g/mol. The highest BCUT2D eigenvalue weighted by molar-refractivity contribution is 5.93. The lowest BCUT2D eigenvalue weighted by Gasteiger charge is -2.18. The maximum absolute atomic E-state index is 11.1. The Morgan fingerprint density at radius 2 is 1.62 bits per heavy atom. The van der Waals surface area contributed by atoms with E-state index in [4.69, 9.17) is 4.98 Å². The highest BCUT2D eigenvalue weighted by atomic mass is 16.3. The van der Waals surface area contributed by atoms with Gasteiger partial charge in [0.25, 0.3) is 0 Å². The summed E-state index contributed by atoms with van der Waals surface area (Å²) in [5.74, 6) is 0.724. The molecule has 0 unspecified atom stereocenters. The van der Waals surface area contributed by atoms with Gasteiger partial charge in [0, 0.05) is 48.7 Å². The van der Waals surface area contributed by atoms with Crippen molar-refractivity contribution in [3.05, 3.63) is 107 Å². The number of β-amino-alcohol motifs (C(OH)–C–C–N with tert-alkyl or cyclic N) is 1. The van der Waals surface area contributed by atoms with Crippen LogP contribution in [0.5, 0.6) is 0 Å². The second-order valence-electron chi connectivity index (χ2n) is 10.5. The van der Waals surface area contributed by atoms with Gasteiger partial charge in [0.05, 0.1) is 6.10 Å². The summed E-state index contributed by atoms with van der Waals surface area (Å²) in [4.78, 5) is 22.7. The maximum Gasteiger partial charge on any atom is 0.156 e. The van der Waals surface area contributed by atoms with Gasteiger partial charge in [-0.05, 0) is 77.4 Å². The number of pyridine rings is 2. The topological polar surface area (TPSA) is 78.3 Å². The van der Waals surface area contributed by atoms with E-state index < -0.39 is 0 Å².